The summed E-state index contributed by atoms with van der Waals surface area (Å²) in [5.74, 6) is 1.33. The molecule has 1 N–H and O–H groups in total. The van der Waals surface area contributed by atoms with Crippen molar-refractivity contribution >= 4 is 11.7 Å². The molecule has 1 aliphatic heterocycles. The first-order valence-electron chi connectivity index (χ1n) is 9.10. The minimum Gasteiger partial charge on any atom is -0.494 e. The summed E-state index contributed by atoms with van der Waals surface area (Å²) < 4.78 is 10.7. The van der Waals surface area contributed by atoms with Crippen LogP contribution in [-0.4, -0.2) is 19.7 Å². The summed E-state index contributed by atoms with van der Waals surface area (Å²) in [6, 6.07) is 14.2. The molecule has 3 atom stereocenters. The molecule has 4 heteroatoms. The van der Waals surface area contributed by atoms with Crippen molar-refractivity contribution in [3.63, 3.8) is 0 Å². The number of hydrogen-bond donors (Lipinski definition) is 1. The van der Waals surface area contributed by atoms with Crippen molar-refractivity contribution in [2.24, 2.45) is 5.92 Å². The second-order valence-electron chi connectivity index (χ2n) is 6.74. The van der Waals surface area contributed by atoms with E-state index >= 15 is 0 Å². The van der Waals surface area contributed by atoms with Crippen molar-refractivity contribution in [2.45, 2.75) is 25.3 Å². The average molecular weight is 349 g/mol. The predicted octanol–water partition coefficient (Wildman–Crippen LogP) is 4.70. The van der Waals surface area contributed by atoms with E-state index in [0.29, 0.717) is 18.1 Å². The van der Waals surface area contributed by atoms with Gasteiger partial charge in [-0.15, -0.1) is 0 Å². The maximum Gasteiger partial charge on any atom is 0.337 e. The van der Waals surface area contributed by atoms with Crippen LogP contribution in [0.1, 0.15) is 46.8 Å². The van der Waals surface area contributed by atoms with Crippen LogP contribution in [0, 0.1) is 5.92 Å². The number of para-hydroxylation sites is 1. The van der Waals surface area contributed by atoms with Gasteiger partial charge in [-0.3, -0.25) is 0 Å². The molecule has 2 aromatic rings. The SMILES string of the molecule is CCOc1ccccc1C1Nc2ccc(C(=O)OC)cc2C2C=CCC21. The fourth-order valence-electron chi connectivity index (χ4n) is 4.17. The topological polar surface area (TPSA) is 47.6 Å². The zero-order valence-corrected chi connectivity index (χ0v) is 15.1. The number of fused-ring (bicyclic) bond motifs is 3. The van der Waals surface area contributed by atoms with Gasteiger partial charge < -0.3 is 14.8 Å². The van der Waals surface area contributed by atoms with E-state index in [1.165, 1.54) is 12.7 Å². The van der Waals surface area contributed by atoms with E-state index in [0.717, 1.165) is 23.4 Å². The van der Waals surface area contributed by atoms with Crippen molar-refractivity contribution in [2.75, 3.05) is 19.0 Å². The maximum absolute atomic E-state index is 11.9. The number of esters is 1. The molecule has 4 nitrogen and oxygen atoms in total. The van der Waals surface area contributed by atoms with Gasteiger partial charge in [0.2, 0.25) is 0 Å². The standard InChI is InChI=1S/C22H23NO3/c1-3-26-20-10-5-4-7-17(20)21-16-9-6-8-15(16)18-13-14(22(24)25-2)11-12-19(18)23-21/h4-8,10-13,15-16,21,23H,3,9H2,1-2H3. The van der Waals surface area contributed by atoms with Gasteiger partial charge in [-0.1, -0.05) is 30.4 Å². The summed E-state index contributed by atoms with van der Waals surface area (Å²) in [5, 5.41) is 3.70. The summed E-state index contributed by atoms with van der Waals surface area (Å²) in [4.78, 5) is 11.9. The van der Waals surface area contributed by atoms with Crippen LogP contribution in [0.2, 0.25) is 0 Å². The number of carbonyl (C=O) groups is 1. The molecule has 134 valence electrons. The van der Waals surface area contributed by atoms with E-state index in [9.17, 15) is 4.79 Å². The third kappa shape index (κ3) is 2.75. The Hall–Kier alpha value is -2.75. The molecule has 0 saturated heterocycles. The van der Waals surface area contributed by atoms with Gasteiger partial charge in [0, 0.05) is 17.2 Å². The van der Waals surface area contributed by atoms with Gasteiger partial charge in [-0.05, 0) is 49.1 Å². The van der Waals surface area contributed by atoms with Crippen LogP contribution >= 0.6 is 0 Å². The predicted molar refractivity (Wildman–Crippen MR) is 102 cm³/mol. The summed E-state index contributed by atoms with van der Waals surface area (Å²) >= 11 is 0. The van der Waals surface area contributed by atoms with Gasteiger partial charge in [0.05, 0.1) is 25.3 Å². The van der Waals surface area contributed by atoms with Crippen LogP contribution in [0.3, 0.4) is 0 Å². The van der Waals surface area contributed by atoms with Crippen LogP contribution in [-0.2, 0) is 4.74 Å². The summed E-state index contributed by atoms with van der Waals surface area (Å²) in [6.07, 6.45) is 5.51. The highest BCUT2D eigenvalue weighted by Gasteiger charge is 2.39. The molecule has 1 aliphatic carbocycles. The molecule has 0 spiro atoms. The molecule has 0 aromatic heterocycles. The molecule has 4 rings (SSSR count). The van der Waals surface area contributed by atoms with Crippen LogP contribution in [0.4, 0.5) is 5.69 Å². The molecular formula is C22H23NO3. The Labute approximate surface area is 153 Å². The highest BCUT2D eigenvalue weighted by atomic mass is 16.5. The third-order valence-electron chi connectivity index (χ3n) is 5.34. The van der Waals surface area contributed by atoms with E-state index in [1.54, 1.807) is 0 Å². The quantitative estimate of drug-likeness (QED) is 0.642. The summed E-state index contributed by atoms with van der Waals surface area (Å²) in [5.41, 5.74) is 4.02. The largest absolute Gasteiger partial charge is 0.494 e. The first-order valence-corrected chi connectivity index (χ1v) is 9.10. The lowest BCUT2D eigenvalue weighted by Crippen LogP contribution is -2.29. The number of carbonyl (C=O) groups excluding carboxylic acids is 1. The first-order chi connectivity index (χ1) is 12.7. The molecule has 0 radical (unpaired) electrons. The highest BCUT2D eigenvalue weighted by Crippen LogP contribution is 2.51. The Kier molecular flexibility index (Phi) is 4.41. The molecule has 0 bridgehead atoms. The Bertz CT molecular complexity index is 858. The molecule has 26 heavy (non-hydrogen) atoms. The minimum atomic E-state index is -0.296. The lowest BCUT2D eigenvalue weighted by atomic mass is 9.76. The molecule has 1 heterocycles. The van der Waals surface area contributed by atoms with E-state index in [1.807, 2.05) is 37.3 Å². The van der Waals surface area contributed by atoms with Gasteiger partial charge in [-0.25, -0.2) is 4.79 Å². The number of ether oxygens (including phenoxy) is 2. The zero-order chi connectivity index (χ0) is 18.1. The van der Waals surface area contributed by atoms with E-state index in [-0.39, 0.29) is 17.9 Å². The van der Waals surface area contributed by atoms with Crippen molar-refractivity contribution in [3.05, 3.63) is 71.3 Å². The average Bonchev–Trinajstić information content (AvgIpc) is 3.17. The van der Waals surface area contributed by atoms with Crippen molar-refractivity contribution in [1.29, 1.82) is 0 Å². The number of benzene rings is 2. The second-order valence-corrected chi connectivity index (χ2v) is 6.74. The van der Waals surface area contributed by atoms with Crippen molar-refractivity contribution in [1.82, 2.24) is 0 Å². The van der Waals surface area contributed by atoms with Gasteiger partial charge in [0.25, 0.3) is 0 Å². The Morgan fingerprint density at radius 1 is 1.19 bits per heavy atom. The molecule has 0 amide bonds. The van der Waals surface area contributed by atoms with Crippen LogP contribution in [0.5, 0.6) is 5.75 Å². The summed E-state index contributed by atoms with van der Waals surface area (Å²) in [6.45, 7) is 2.66. The number of anilines is 1. The van der Waals surface area contributed by atoms with Gasteiger partial charge >= 0.3 is 5.97 Å². The summed E-state index contributed by atoms with van der Waals surface area (Å²) in [7, 11) is 1.42. The normalized spacial score (nSPS) is 22.9. The van der Waals surface area contributed by atoms with E-state index in [4.69, 9.17) is 9.47 Å². The Balaban J connectivity index is 1.75. The van der Waals surface area contributed by atoms with Crippen LogP contribution in [0.15, 0.2) is 54.6 Å². The number of rotatable bonds is 4. The van der Waals surface area contributed by atoms with Gasteiger partial charge in [0.1, 0.15) is 5.75 Å². The molecule has 0 saturated carbocycles. The number of hydrogen-bond acceptors (Lipinski definition) is 4. The Morgan fingerprint density at radius 2 is 2.04 bits per heavy atom. The minimum absolute atomic E-state index is 0.175. The monoisotopic (exact) mass is 349 g/mol. The van der Waals surface area contributed by atoms with Crippen molar-refractivity contribution < 1.29 is 14.3 Å². The fraction of sp³-hybridized carbons (Fsp3) is 0.318. The third-order valence-corrected chi connectivity index (χ3v) is 5.34. The number of methoxy groups -OCH3 is 1. The lowest BCUT2D eigenvalue weighted by molar-refractivity contribution is 0.0600. The molecule has 3 unspecified atom stereocenters. The first kappa shape index (κ1) is 16.7. The van der Waals surface area contributed by atoms with Gasteiger partial charge in [-0.2, -0.15) is 0 Å². The second kappa shape index (κ2) is 6.87. The molecular weight excluding hydrogens is 326 g/mol. The molecule has 2 aliphatic rings. The smallest absolute Gasteiger partial charge is 0.337 e. The number of allylic oxidation sites excluding steroid dienone is 2. The Morgan fingerprint density at radius 3 is 2.85 bits per heavy atom. The number of nitrogens with one attached hydrogen (secondary N) is 1. The van der Waals surface area contributed by atoms with Crippen LogP contribution in [0.25, 0.3) is 0 Å². The lowest BCUT2D eigenvalue weighted by Gasteiger charge is -2.38. The van der Waals surface area contributed by atoms with E-state index < -0.39 is 0 Å². The van der Waals surface area contributed by atoms with Crippen LogP contribution < -0.4 is 10.1 Å². The fourth-order valence-corrected chi connectivity index (χ4v) is 4.17. The zero-order valence-electron chi connectivity index (χ0n) is 15.1. The maximum atomic E-state index is 11.9. The van der Waals surface area contributed by atoms with Gasteiger partial charge in [0.15, 0.2) is 0 Å². The molecule has 0 fully saturated rings. The van der Waals surface area contributed by atoms with E-state index in [2.05, 4.69) is 29.6 Å². The van der Waals surface area contributed by atoms with Crippen molar-refractivity contribution in [3.8, 4) is 5.75 Å². The molecule has 2 aromatic carbocycles. The highest BCUT2D eigenvalue weighted by molar-refractivity contribution is 5.90.